The molecule has 0 saturated heterocycles. The van der Waals surface area contributed by atoms with Crippen LogP contribution in [0.15, 0.2) is 93.2 Å². The van der Waals surface area contributed by atoms with Gasteiger partial charge < -0.3 is 14.6 Å². The smallest absolute Gasteiger partial charge is 0.335 e. The molecule has 0 aliphatic rings. The number of hydrogen-bond donors (Lipinski definition) is 1. The fourth-order valence-corrected chi connectivity index (χ4v) is 5.23. The summed E-state index contributed by atoms with van der Waals surface area (Å²) >= 11 is 3.52. The molecule has 44 heavy (non-hydrogen) atoms. The molecule has 224 valence electrons. The molecule has 9 heteroatoms. The van der Waals surface area contributed by atoms with Crippen molar-refractivity contribution in [3.63, 3.8) is 0 Å². The lowest BCUT2D eigenvalue weighted by atomic mass is 9.96. The number of aromatic nitrogens is 2. The van der Waals surface area contributed by atoms with Gasteiger partial charge in [0.25, 0.3) is 5.56 Å². The van der Waals surface area contributed by atoms with Gasteiger partial charge >= 0.3 is 5.97 Å². The maximum Gasteiger partial charge on any atom is 0.335 e. The van der Waals surface area contributed by atoms with Crippen LogP contribution in [0.5, 0.6) is 11.5 Å². The number of aryl methyl sites for hydroxylation is 1. The quantitative estimate of drug-likeness (QED) is 0.154. The fraction of sp³-hybridized carbons (Fsp3) is 0.200. The highest BCUT2D eigenvalue weighted by Crippen LogP contribution is 2.34. The standard InChI is InChI=1S/C35H32BrN3O5/c1-5-43-32-16-22(4)29(18-28(32)21(2)3)33-38-30-9-7-6-8-27(30)34(40)39(33)37-19-25-17-26(36)14-15-31(25)44-20-23-10-12-24(13-11-23)35(41)42/h6-19,21H,5,20H2,1-4H3,(H,41,42). The second-order valence-electron chi connectivity index (χ2n) is 10.6. The van der Waals surface area contributed by atoms with Gasteiger partial charge in [0.05, 0.1) is 29.3 Å². The Morgan fingerprint density at radius 2 is 1.77 bits per heavy atom. The zero-order valence-electron chi connectivity index (χ0n) is 24.9. The van der Waals surface area contributed by atoms with E-state index in [2.05, 4.69) is 34.9 Å². The van der Waals surface area contributed by atoms with E-state index in [9.17, 15) is 14.7 Å². The summed E-state index contributed by atoms with van der Waals surface area (Å²) in [5, 5.41) is 14.3. The first-order valence-corrected chi connectivity index (χ1v) is 15.0. The third-order valence-corrected chi connectivity index (χ3v) is 7.65. The second kappa shape index (κ2) is 13.3. The first kappa shape index (κ1) is 30.7. The molecule has 0 amide bonds. The van der Waals surface area contributed by atoms with E-state index in [-0.39, 0.29) is 23.6 Å². The monoisotopic (exact) mass is 653 g/mol. The van der Waals surface area contributed by atoms with Gasteiger partial charge in [-0.2, -0.15) is 9.78 Å². The number of benzene rings is 4. The number of fused-ring (bicyclic) bond motifs is 1. The minimum Gasteiger partial charge on any atom is -0.494 e. The zero-order valence-corrected chi connectivity index (χ0v) is 26.5. The number of carbonyl (C=O) groups is 1. The molecule has 8 nitrogen and oxygen atoms in total. The number of carboxylic acid groups (broad SMARTS) is 1. The van der Waals surface area contributed by atoms with Crippen molar-refractivity contribution in [3.05, 3.63) is 122 Å². The van der Waals surface area contributed by atoms with Crippen LogP contribution in [0.1, 0.15) is 59.3 Å². The Hall–Kier alpha value is -4.76. The lowest BCUT2D eigenvalue weighted by molar-refractivity contribution is 0.0697. The third kappa shape index (κ3) is 6.58. The molecule has 1 heterocycles. The lowest BCUT2D eigenvalue weighted by Crippen LogP contribution is -2.21. The number of para-hydroxylation sites is 1. The van der Waals surface area contributed by atoms with Gasteiger partial charge in [0.1, 0.15) is 18.1 Å². The number of ether oxygens (including phenoxy) is 2. The lowest BCUT2D eigenvalue weighted by Gasteiger charge is -2.18. The molecule has 0 fully saturated rings. The van der Waals surface area contributed by atoms with E-state index in [1.54, 1.807) is 42.6 Å². The molecule has 1 aromatic heterocycles. The molecule has 0 spiro atoms. The van der Waals surface area contributed by atoms with Crippen LogP contribution in [0.3, 0.4) is 0 Å². The van der Waals surface area contributed by atoms with Crippen molar-refractivity contribution >= 4 is 39.0 Å². The molecule has 0 unspecified atom stereocenters. The summed E-state index contributed by atoms with van der Waals surface area (Å²) in [5.74, 6) is 0.977. The fourth-order valence-electron chi connectivity index (χ4n) is 4.85. The Morgan fingerprint density at radius 3 is 2.48 bits per heavy atom. The normalized spacial score (nSPS) is 11.4. The average molecular weight is 655 g/mol. The van der Waals surface area contributed by atoms with Gasteiger partial charge in [0.2, 0.25) is 0 Å². The predicted octanol–water partition coefficient (Wildman–Crippen LogP) is 7.82. The average Bonchev–Trinajstić information content (AvgIpc) is 3.00. The summed E-state index contributed by atoms with van der Waals surface area (Å²) < 4.78 is 14.2. The van der Waals surface area contributed by atoms with Crippen LogP contribution >= 0.6 is 15.9 Å². The van der Waals surface area contributed by atoms with Gasteiger partial charge in [-0.3, -0.25) is 4.79 Å². The van der Waals surface area contributed by atoms with Crippen molar-refractivity contribution in [1.29, 1.82) is 0 Å². The number of carboxylic acids is 1. The van der Waals surface area contributed by atoms with Crippen molar-refractivity contribution < 1.29 is 19.4 Å². The van der Waals surface area contributed by atoms with E-state index < -0.39 is 5.97 Å². The van der Waals surface area contributed by atoms with Crippen LogP contribution in [-0.4, -0.2) is 33.6 Å². The number of halogens is 1. The molecule has 4 aromatic carbocycles. The first-order chi connectivity index (χ1) is 21.2. The minimum atomic E-state index is -0.984. The summed E-state index contributed by atoms with van der Waals surface area (Å²) in [6, 6.07) is 23.3. The molecule has 0 aliphatic heterocycles. The number of rotatable bonds is 10. The summed E-state index contributed by atoms with van der Waals surface area (Å²) in [7, 11) is 0. The highest BCUT2D eigenvalue weighted by molar-refractivity contribution is 9.10. The summed E-state index contributed by atoms with van der Waals surface area (Å²) in [4.78, 5) is 30.0. The van der Waals surface area contributed by atoms with Gasteiger partial charge in [0, 0.05) is 15.6 Å². The van der Waals surface area contributed by atoms with E-state index in [1.165, 1.54) is 4.68 Å². The van der Waals surface area contributed by atoms with Crippen LogP contribution < -0.4 is 15.0 Å². The van der Waals surface area contributed by atoms with Crippen molar-refractivity contribution in [2.75, 3.05) is 6.61 Å². The Labute approximate surface area is 263 Å². The molecule has 0 saturated carbocycles. The molecular formula is C35H32BrN3O5. The highest BCUT2D eigenvalue weighted by Gasteiger charge is 2.19. The van der Waals surface area contributed by atoms with Gasteiger partial charge in [0.15, 0.2) is 5.82 Å². The number of aromatic carboxylic acids is 1. The van der Waals surface area contributed by atoms with Gasteiger partial charge in [-0.15, -0.1) is 0 Å². The van der Waals surface area contributed by atoms with E-state index >= 15 is 0 Å². The molecule has 0 bridgehead atoms. The molecule has 0 radical (unpaired) electrons. The topological polar surface area (TPSA) is 103 Å². The number of hydrogen-bond acceptors (Lipinski definition) is 6. The van der Waals surface area contributed by atoms with Gasteiger partial charge in [-0.1, -0.05) is 54.0 Å². The van der Waals surface area contributed by atoms with E-state index in [0.717, 1.165) is 32.5 Å². The Morgan fingerprint density at radius 1 is 1.02 bits per heavy atom. The van der Waals surface area contributed by atoms with Gasteiger partial charge in [-0.05, 0) is 91.1 Å². The largest absolute Gasteiger partial charge is 0.494 e. The maximum atomic E-state index is 13.9. The Balaban J connectivity index is 1.59. The van der Waals surface area contributed by atoms with Crippen molar-refractivity contribution in [3.8, 4) is 22.9 Å². The van der Waals surface area contributed by atoms with E-state index in [1.807, 2.05) is 56.3 Å². The highest BCUT2D eigenvalue weighted by atomic mass is 79.9. The molecule has 0 atom stereocenters. The molecule has 1 N–H and O–H groups in total. The molecular weight excluding hydrogens is 622 g/mol. The predicted molar refractivity (Wildman–Crippen MR) is 176 cm³/mol. The Kier molecular flexibility index (Phi) is 9.25. The van der Waals surface area contributed by atoms with Crippen LogP contribution in [0.2, 0.25) is 0 Å². The molecule has 0 aliphatic carbocycles. The molecule has 5 aromatic rings. The van der Waals surface area contributed by atoms with Crippen LogP contribution in [-0.2, 0) is 6.61 Å². The summed E-state index contributed by atoms with van der Waals surface area (Å²) in [6.45, 7) is 8.90. The SMILES string of the molecule is CCOc1cc(C)c(-c2nc3ccccc3c(=O)n2N=Cc2cc(Br)ccc2OCc2ccc(C(=O)O)cc2)cc1C(C)C. The van der Waals surface area contributed by atoms with Gasteiger partial charge in [-0.25, -0.2) is 9.78 Å². The van der Waals surface area contributed by atoms with Crippen LogP contribution in [0, 0.1) is 6.92 Å². The Bertz CT molecular complexity index is 1930. The molecule has 5 rings (SSSR count). The van der Waals surface area contributed by atoms with Crippen LogP contribution in [0.4, 0.5) is 0 Å². The van der Waals surface area contributed by atoms with Crippen molar-refractivity contribution in [1.82, 2.24) is 9.66 Å². The van der Waals surface area contributed by atoms with Crippen molar-refractivity contribution in [2.24, 2.45) is 5.10 Å². The first-order valence-electron chi connectivity index (χ1n) is 14.2. The second-order valence-corrected chi connectivity index (χ2v) is 11.5. The van der Waals surface area contributed by atoms with Crippen LogP contribution in [0.25, 0.3) is 22.3 Å². The summed E-state index contributed by atoms with van der Waals surface area (Å²) in [6.07, 6.45) is 1.59. The van der Waals surface area contributed by atoms with E-state index in [0.29, 0.717) is 34.6 Å². The van der Waals surface area contributed by atoms with E-state index in [4.69, 9.17) is 14.5 Å². The minimum absolute atomic E-state index is 0.182. The number of nitrogens with zero attached hydrogens (tertiary/aromatic N) is 3. The summed E-state index contributed by atoms with van der Waals surface area (Å²) in [5.41, 5.74) is 4.65. The van der Waals surface area contributed by atoms with Crippen molar-refractivity contribution in [2.45, 2.75) is 40.2 Å². The maximum absolute atomic E-state index is 13.9. The third-order valence-electron chi connectivity index (χ3n) is 7.15. The zero-order chi connectivity index (χ0) is 31.4.